The second-order valence-corrected chi connectivity index (χ2v) is 5.88. The fraction of sp³-hybridized carbons (Fsp3) is 0.278. The van der Waals surface area contributed by atoms with Gasteiger partial charge < -0.3 is 15.3 Å². The summed E-state index contributed by atoms with van der Waals surface area (Å²) in [7, 11) is 0. The molecule has 130 valence electrons. The molecule has 0 aromatic carbocycles. The third-order valence-corrected chi connectivity index (χ3v) is 4.13. The predicted molar refractivity (Wildman–Crippen MR) is 96.8 cm³/mol. The van der Waals surface area contributed by atoms with Crippen LogP contribution in [-0.2, 0) is 4.79 Å². The maximum Gasteiger partial charge on any atom is 0.290 e. The number of anilines is 1. The fourth-order valence-corrected chi connectivity index (χ4v) is 3.02. The van der Waals surface area contributed by atoms with E-state index < -0.39 is 0 Å². The first-order valence-corrected chi connectivity index (χ1v) is 8.19. The summed E-state index contributed by atoms with van der Waals surface area (Å²) in [5.41, 5.74) is 3.14. The van der Waals surface area contributed by atoms with Crippen LogP contribution >= 0.6 is 0 Å². The van der Waals surface area contributed by atoms with Crippen molar-refractivity contribution < 1.29 is 9.90 Å². The first kappa shape index (κ1) is 16.9. The van der Waals surface area contributed by atoms with E-state index in [2.05, 4.69) is 46.5 Å². The van der Waals surface area contributed by atoms with Crippen LogP contribution in [0.2, 0.25) is 0 Å². The monoisotopic (exact) mass is 339 g/mol. The van der Waals surface area contributed by atoms with Gasteiger partial charge in [0, 0.05) is 37.4 Å². The molecule has 0 radical (unpaired) electrons. The number of aromatic nitrogens is 3. The number of hydrogen-bond donors (Lipinski definition) is 2. The number of rotatable bonds is 2. The summed E-state index contributed by atoms with van der Waals surface area (Å²) in [6.07, 6.45) is 3.85. The predicted octanol–water partition coefficient (Wildman–Crippen LogP) is 1.90. The molecular formula is C18H21N5O2. The number of nitrogens with one attached hydrogen (secondary N) is 1. The first-order chi connectivity index (χ1) is 12.2. The van der Waals surface area contributed by atoms with Crippen LogP contribution in [0, 0.1) is 0 Å². The molecular weight excluding hydrogens is 318 g/mol. The van der Waals surface area contributed by atoms with Gasteiger partial charge in [0.05, 0.1) is 17.4 Å². The van der Waals surface area contributed by atoms with Crippen molar-refractivity contribution >= 4 is 17.8 Å². The molecule has 0 saturated carbocycles. The molecule has 0 spiro atoms. The zero-order chi connectivity index (χ0) is 17.6. The Bertz CT molecular complexity index is 848. The minimum Gasteiger partial charge on any atom is -0.483 e. The Kier molecular flexibility index (Phi) is 5.25. The van der Waals surface area contributed by atoms with E-state index >= 15 is 0 Å². The fourth-order valence-electron chi connectivity index (χ4n) is 3.02. The lowest BCUT2D eigenvalue weighted by Crippen LogP contribution is -2.49. The molecule has 7 heteroatoms. The first-order valence-electron chi connectivity index (χ1n) is 8.19. The minimum atomic E-state index is -0.250. The third-order valence-electron chi connectivity index (χ3n) is 4.13. The smallest absolute Gasteiger partial charge is 0.290 e. The van der Waals surface area contributed by atoms with Gasteiger partial charge >= 0.3 is 0 Å². The average molecular weight is 339 g/mol. The van der Waals surface area contributed by atoms with E-state index in [4.69, 9.17) is 14.9 Å². The maximum absolute atomic E-state index is 8.36. The molecule has 4 rings (SSSR count). The van der Waals surface area contributed by atoms with Gasteiger partial charge in [-0.3, -0.25) is 4.79 Å². The SMILES string of the molecule is CC1CN(c2cccc(-c3cnn4ccccc34)n2)CCN1.O=CO. The van der Waals surface area contributed by atoms with Crippen LogP contribution in [0.5, 0.6) is 0 Å². The van der Waals surface area contributed by atoms with E-state index in [1.807, 2.05) is 29.0 Å². The Morgan fingerprint density at radius 3 is 2.92 bits per heavy atom. The van der Waals surface area contributed by atoms with Crippen molar-refractivity contribution in [3.05, 3.63) is 48.8 Å². The Morgan fingerprint density at radius 2 is 2.12 bits per heavy atom. The summed E-state index contributed by atoms with van der Waals surface area (Å²) in [5, 5.41) is 14.8. The summed E-state index contributed by atoms with van der Waals surface area (Å²) in [6.45, 7) is 4.95. The van der Waals surface area contributed by atoms with Crippen molar-refractivity contribution in [2.24, 2.45) is 0 Å². The number of carbonyl (C=O) groups is 1. The molecule has 0 aliphatic carbocycles. The Balaban J connectivity index is 0.000000569. The highest BCUT2D eigenvalue weighted by Gasteiger charge is 2.17. The van der Waals surface area contributed by atoms with E-state index in [-0.39, 0.29) is 6.47 Å². The van der Waals surface area contributed by atoms with Crippen LogP contribution in [-0.4, -0.2) is 51.9 Å². The molecule has 1 fully saturated rings. The van der Waals surface area contributed by atoms with Gasteiger partial charge in [0.2, 0.25) is 0 Å². The maximum atomic E-state index is 8.36. The summed E-state index contributed by atoms with van der Waals surface area (Å²) < 4.78 is 1.89. The Hall–Kier alpha value is -2.93. The molecule has 4 heterocycles. The van der Waals surface area contributed by atoms with E-state index in [0.717, 1.165) is 42.2 Å². The molecule has 1 aliphatic heterocycles. The van der Waals surface area contributed by atoms with E-state index in [9.17, 15) is 0 Å². The van der Waals surface area contributed by atoms with Gasteiger partial charge in [0.15, 0.2) is 0 Å². The quantitative estimate of drug-likeness (QED) is 0.694. The van der Waals surface area contributed by atoms with E-state index in [0.29, 0.717) is 6.04 Å². The van der Waals surface area contributed by atoms with Crippen molar-refractivity contribution in [2.75, 3.05) is 24.5 Å². The standard InChI is InChI=1S/C17H19N5.CH2O2/c1-13-12-21(10-8-18-13)17-7-4-5-15(20-17)14-11-19-22-9-3-2-6-16(14)22;2-1-3/h2-7,9,11,13,18H,8,10,12H2,1H3;1H,(H,2,3). The molecule has 1 atom stereocenters. The number of nitrogens with zero attached hydrogens (tertiary/aromatic N) is 4. The zero-order valence-electron chi connectivity index (χ0n) is 14.0. The largest absolute Gasteiger partial charge is 0.483 e. The Labute approximate surface area is 145 Å². The van der Waals surface area contributed by atoms with Crippen molar-refractivity contribution in [1.29, 1.82) is 0 Å². The minimum absolute atomic E-state index is 0.250. The molecule has 1 aliphatic rings. The summed E-state index contributed by atoms with van der Waals surface area (Å²) in [5.74, 6) is 1.04. The van der Waals surface area contributed by atoms with Crippen LogP contribution in [0.25, 0.3) is 16.8 Å². The summed E-state index contributed by atoms with van der Waals surface area (Å²) in [4.78, 5) is 15.6. The summed E-state index contributed by atoms with van der Waals surface area (Å²) in [6, 6.07) is 12.8. The van der Waals surface area contributed by atoms with Gasteiger partial charge in [0.1, 0.15) is 5.82 Å². The Morgan fingerprint density at radius 1 is 1.28 bits per heavy atom. The van der Waals surface area contributed by atoms with Crippen LogP contribution in [0.4, 0.5) is 5.82 Å². The average Bonchev–Trinajstić information content (AvgIpc) is 3.07. The van der Waals surface area contributed by atoms with Crippen LogP contribution in [0.1, 0.15) is 6.92 Å². The van der Waals surface area contributed by atoms with Crippen molar-refractivity contribution in [1.82, 2.24) is 19.9 Å². The molecule has 25 heavy (non-hydrogen) atoms. The molecule has 2 N–H and O–H groups in total. The van der Waals surface area contributed by atoms with Crippen LogP contribution in [0.3, 0.4) is 0 Å². The van der Waals surface area contributed by atoms with Gasteiger partial charge in [-0.25, -0.2) is 9.50 Å². The number of pyridine rings is 2. The second kappa shape index (κ2) is 7.76. The molecule has 3 aromatic rings. The molecule has 7 nitrogen and oxygen atoms in total. The number of piperazine rings is 1. The molecule has 3 aromatic heterocycles. The normalized spacial score (nSPS) is 17.0. The lowest BCUT2D eigenvalue weighted by atomic mass is 10.1. The lowest BCUT2D eigenvalue weighted by Gasteiger charge is -2.32. The van der Waals surface area contributed by atoms with Gasteiger partial charge in [-0.1, -0.05) is 12.1 Å². The van der Waals surface area contributed by atoms with Crippen LogP contribution < -0.4 is 10.2 Å². The van der Waals surface area contributed by atoms with Gasteiger partial charge in [-0.15, -0.1) is 0 Å². The number of carboxylic acid groups (broad SMARTS) is 1. The van der Waals surface area contributed by atoms with Crippen LogP contribution in [0.15, 0.2) is 48.8 Å². The molecule has 1 saturated heterocycles. The van der Waals surface area contributed by atoms with Crippen molar-refractivity contribution in [2.45, 2.75) is 13.0 Å². The lowest BCUT2D eigenvalue weighted by molar-refractivity contribution is -0.122. The van der Waals surface area contributed by atoms with E-state index in [1.54, 1.807) is 0 Å². The highest BCUT2D eigenvalue weighted by atomic mass is 16.3. The highest BCUT2D eigenvalue weighted by molar-refractivity contribution is 5.78. The highest BCUT2D eigenvalue weighted by Crippen LogP contribution is 2.25. The van der Waals surface area contributed by atoms with Gasteiger partial charge in [0.25, 0.3) is 6.47 Å². The molecule has 1 unspecified atom stereocenters. The number of hydrogen-bond acceptors (Lipinski definition) is 5. The summed E-state index contributed by atoms with van der Waals surface area (Å²) >= 11 is 0. The second-order valence-electron chi connectivity index (χ2n) is 5.88. The zero-order valence-corrected chi connectivity index (χ0v) is 14.0. The van der Waals surface area contributed by atoms with Crippen molar-refractivity contribution in [3.63, 3.8) is 0 Å². The number of fused-ring (bicyclic) bond motifs is 1. The van der Waals surface area contributed by atoms with Gasteiger partial charge in [-0.2, -0.15) is 5.10 Å². The molecule has 0 amide bonds. The van der Waals surface area contributed by atoms with E-state index in [1.165, 1.54) is 0 Å². The van der Waals surface area contributed by atoms with Gasteiger partial charge in [-0.05, 0) is 31.2 Å². The topological polar surface area (TPSA) is 82.8 Å². The molecule has 0 bridgehead atoms. The third kappa shape index (κ3) is 3.77. The van der Waals surface area contributed by atoms with Crippen molar-refractivity contribution in [3.8, 4) is 11.3 Å².